The summed E-state index contributed by atoms with van der Waals surface area (Å²) in [5, 5.41) is 0. The van der Waals surface area contributed by atoms with E-state index in [4.69, 9.17) is 0 Å². The lowest BCUT2D eigenvalue weighted by Crippen LogP contribution is -2.22. The maximum atomic E-state index is 3.40. The summed E-state index contributed by atoms with van der Waals surface area (Å²) < 4.78 is 3.40. The molecule has 0 heterocycles. The molecule has 2 aromatic carbocycles. The lowest BCUT2D eigenvalue weighted by Gasteiger charge is -2.16. The summed E-state index contributed by atoms with van der Waals surface area (Å²) in [5.41, 5.74) is 3.98. The van der Waals surface area contributed by atoms with Crippen LogP contribution in [0.3, 0.4) is 0 Å². The van der Waals surface area contributed by atoms with Crippen LogP contribution in [-0.4, -0.2) is 31.1 Å². The van der Waals surface area contributed by atoms with Crippen LogP contribution in [0.5, 0.6) is 0 Å². The van der Waals surface area contributed by atoms with Crippen LogP contribution in [0.1, 0.15) is 39.2 Å². The van der Waals surface area contributed by atoms with Crippen LogP contribution in [0.15, 0.2) is 53.4 Å². The average molecular weight is 357 g/mol. The molecule has 2 nitrogen and oxygen atoms in total. The summed E-state index contributed by atoms with van der Waals surface area (Å²) in [6.07, 6.45) is 3.67. The van der Waals surface area contributed by atoms with Gasteiger partial charge in [0.2, 0.25) is 0 Å². The van der Waals surface area contributed by atoms with Crippen molar-refractivity contribution in [2.24, 2.45) is 0 Å². The Bertz CT molecular complexity index is 622. The van der Waals surface area contributed by atoms with E-state index in [0.717, 1.165) is 13.0 Å². The molecule has 0 aliphatic rings. The first-order valence-corrected chi connectivity index (χ1v) is 10.2. The molecular weight excluding hydrogens is 324 g/mol. The van der Waals surface area contributed by atoms with E-state index in [-0.39, 0.29) is 0 Å². The van der Waals surface area contributed by atoms with Crippen molar-refractivity contribution < 1.29 is 0 Å². The Hall–Kier alpha value is -1.29. The van der Waals surface area contributed by atoms with Crippen LogP contribution in [-0.2, 0) is 6.42 Å². The quantitative estimate of drug-likeness (QED) is 0.555. The number of benzene rings is 2. The highest BCUT2D eigenvalue weighted by atomic mass is 32.2. The predicted molar refractivity (Wildman–Crippen MR) is 112 cm³/mol. The van der Waals surface area contributed by atoms with Crippen molar-refractivity contribution in [3.63, 3.8) is 0 Å². The Morgan fingerprint density at radius 1 is 1.00 bits per heavy atom. The van der Waals surface area contributed by atoms with E-state index in [0.29, 0.717) is 6.04 Å². The fourth-order valence-corrected chi connectivity index (χ4v) is 3.35. The standard InChI is InChI=1S/C22H32N2S/c1-5-6-15-24(4)16-14-19-10-12-20(13-11-19)21-8-7-9-22(17-21)25-23-18(2)3/h7-13,17-18,23H,5-6,14-16H2,1-4H3. The molecule has 0 unspecified atom stereocenters. The molecule has 2 rings (SSSR count). The third-order valence-corrected chi connectivity index (χ3v) is 5.29. The first-order valence-electron chi connectivity index (χ1n) is 9.38. The van der Waals surface area contributed by atoms with Crippen molar-refractivity contribution in [2.75, 3.05) is 20.1 Å². The van der Waals surface area contributed by atoms with Gasteiger partial charge in [-0.05, 0) is 81.1 Å². The summed E-state index contributed by atoms with van der Waals surface area (Å²) >= 11 is 1.70. The second-order valence-corrected chi connectivity index (χ2v) is 7.92. The monoisotopic (exact) mass is 356 g/mol. The van der Waals surface area contributed by atoms with Gasteiger partial charge in [0.1, 0.15) is 0 Å². The van der Waals surface area contributed by atoms with Gasteiger partial charge in [-0.25, -0.2) is 0 Å². The maximum Gasteiger partial charge on any atom is 0.0234 e. The molecule has 0 radical (unpaired) electrons. The molecule has 0 aromatic heterocycles. The van der Waals surface area contributed by atoms with Crippen molar-refractivity contribution in [3.8, 4) is 11.1 Å². The normalized spacial score (nSPS) is 11.4. The van der Waals surface area contributed by atoms with Crippen LogP contribution in [0.4, 0.5) is 0 Å². The summed E-state index contributed by atoms with van der Waals surface area (Å²) in [6.45, 7) is 8.90. The molecule has 0 atom stereocenters. The molecule has 0 spiro atoms. The number of nitrogens with zero attached hydrogens (tertiary/aromatic N) is 1. The highest BCUT2D eigenvalue weighted by Gasteiger charge is 2.03. The van der Waals surface area contributed by atoms with Crippen LogP contribution >= 0.6 is 11.9 Å². The molecule has 2 aromatic rings. The van der Waals surface area contributed by atoms with Crippen LogP contribution in [0.2, 0.25) is 0 Å². The van der Waals surface area contributed by atoms with E-state index in [1.807, 2.05) is 0 Å². The zero-order valence-corrected chi connectivity index (χ0v) is 16.9. The predicted octanol–water partition coefficient (Wildman–Crippen LogP) is 5.63. The number of likely N-dealkylation sites (N-methyl/N-ethyl adjacent to an activating group) is 1. The molecule has 1 N–H and O–H groups in total. The van der Waals surface area contributed by atoms with Gasteiger partial charge in [0.25, 0.3) is 0 Å². The molecule has 0 aliphatic carbocycles. The smallest absolute Gasteiger partial charge is 0.0234 e. The maximum absolute atomic E-state index is 3.40. The van der Waals surface area contributed by atoms with E-state index in [2.05, 4.69) is 86.0 Å². The van der Waals surface area contributed by atoms with Crippen molar-refractivity contribution in [3.05, 3.63) is 54.1 Å². The zero-order valence-electron chi connectivity index (χ0n) is 16.1. The van der Waals surface area contributed by atoms with Gasteiger partial charge in [-0.1, -0.05) is 49.7 Å². The number of rotatable bonds is 10. The number of hydrogen-bond donors (Lipinski definition) is 1. The molecule has 0 aliphatic heterocycles. The molecule has 25 heavy (non-hydrogen) atoms. The van der Waals surface area contributed by atoms with Gasteiger partial charge in [0, 0.05) is 17.5 Å². The highest BCUT2D eigenvalue weighted by molar-refractivity contribution is 7.97. The molecule has 0 saturated heterocycles. The van der Waals surface area contributed by atoms with Gasteiger partial charge >= 0.3 is 0 Å². The molecule has 0 amide bonds. The van der Waals surface area contributed by atoms with Crippen molar-refractivity contribution in [1.82, 2.24) is 9.62 Å². The highest BCUT2D eigenvalue weighted by Crippen LogP contribution is 2.25. The summed E-state index contributed by atoms with van der Waals surface area (Å²) in [4.78, 5) is 3.69. The molecular formula is C22H32N2S. The number of unbranched alkanes of at least 4 members (excludes halogenated alkanes) is 1. The fourth-order valence-electron chi connectivity index (χ4n) is 2.65. The molecule has 136 valence electrons. The number of nitrogens with one attached hydrogen (secondary N) is 1. The van der Waals surface area contributed by atoms with Gasteiger partial charge in [-0.2, -0.15) is 0 Å². The van der Waals surface area contributed by atoms with E-state index >= 15 is 0 Å². The lowest BCUT2D eigenvalue weighted by atomic mass is 10.0. The van der Waals surface area contributed by atoms with Gasteiger partial charge < -0.3 is 4.90 Å². The van der Waals surface area contributed by atoms with Crippen LogP contribution in [0, 0.1) is 0 Å². The summed E-state index contributed by atoms with van der Waals surface area (Å²) in [7, 11) is 2.22. The van der Waals surface area contributed by atoms with Crippen molar-refractivity contribution >= 4 is 11.9 Å². The largest absolute Gasteiger partial charge is 0.306 e. The molecule has 0 saturated carbocycles. The van der Waals surface area contributed by atoms with Gasteiger partial charge in [0.05, 0.1) is 0 Å². The third-order valence-electron chi connectivity index (χ3n) is 4.21. The Balaban J connectivity index is 1.94. The van der Waals surface area contributed by atoms with Gasteiger partial charge in [-0.15, -0.1) is 0 Å². The van der Waals surface area contributed by atoms with Gasteiger partial charge in [0.15, 0.2) is 0 Å². The van der Waals surface area contributed by atoms with Crippen molar-refractivity contribution in [1.29, 1.82) is 0 Å². The Kier molecular flexibility index (Phi) is 8.53. The minimum atomic E-state index is 0.475. The SMILES string of the molecule is CCCCN(C)CCc1ccc(-c2cccc(SNC(C)C)c2)cc1. The van der Waals surface area contributed by atoms with E-state index in [1.54, 1.807) is 11.9 Å². The first kappa shape index (κ1) is 20.0. The fraction of sp³-hybridized carbons (Fsp3) is 0.455. The third kappa shape index (κ3) is 7.23. The Labute approximate surface area is 158 Å². The average Bonchev–Trinajstić information content (AvgIpc) is 2.63. The lowest BCUT2D eigenvalue weighted by molar-refractivity contribution is 0.332. The summed E-state index contributed by atoms with van der Waals surface area (Å²) in [6, 6.07) is 18.3. The van der Waals surface area contributed by atoms with Crippen LogP contribution in [0.25, 0.3) is 11.1 Å². The minimum Gasteiger partial charge on any atom is -0.306 e. The van der Waals surface area contributed by atoms with Crippen LogP contribution < -0.4 is 4.72 Å². The van der Waals surface area contributed by atoms with E-state index in [1.165, 1.54) is 41.0 Å². The second-order valence-electron chi connectivity index (χ2n) is 7.01. The van der Waals surface area contributed by atoms with E-state index < -0.39 is 0 Å². The van der Waals surface area contributed by atoms with Crippen molar-refractivity contribution in [2.45, 2.75) is 51.0 Å². The second kappa shape index (κ2) is 10.6. The zero-order chi connectivity index (χ0) is 18.1. The first-order chi connectivity index (χ1) is 12.1. The summed E-state index contributed by atoms with van der Waals surface area (Å²) in [5.74, 6) is 0. The van der Waals surface area contributed by atoms with E-state index in [9.17, 15) is 0 Å². The molecule has 0 fully saturated rings. The van der Waals surface area contributed by atoms with Gasteiger partial charge in [-0.3, -0.25) is 4.72 Å². The molecule has 0 bridgehead atoms. The Morgan fingerprint density at radius 2 is 1.76 bits per heavy atom. The topological polar surface area (TPSA) is 15.3 Å². The minimum absolute atomic E-state index is 0.475. The number of hydrogen-bond acceptors (Lipinski definition) is 3. The molecule has 3 heteroatoms. The Morgan fingerprint density at radius 3 is 2.44 bits per heavy atom.